The van der Waals surface area contributed by atoms with Gasteiger partial charge in [-0.3, -0.25) is 0 Å². The van der Waals surface area contributed by atoms with E-state index >= 15 is 0 Å². The van der Waals surface area contributed by atoms with Crippen molar-refractivity contribution in [3.05, 3.63) is 17.7 Å². The number of rotatable bonds is 2. The Kier molecular flexibility index (Phi) is 2.34. The van der Waals surface area contributed by atoms with E-state index in [9.17, 15) is 0 Å². The lowest BCUT2D eigenvalue weighted by Gasteiger charge is -2.20. The SMILES string of the molecule is CC1(c2cnc(CN)[nH]2)CCSC1. The average Bonchev–Trinajstić information content (AvgIpc) is 2.72. The van der Waals surface area contributed by atoms with E-state index in [0.29, 0.717) is 12.0 Å². The van der Waals surface area contributed by atoms with Crippen molar-refractivity contribution in [2.75, 3.05) is 11.5 Å². The first kappa shape index (κ1) is 9.09. The van der Waals surface area contributed by atoms with E-state index in [1.165, 1.54) is 23.6 Å². The molecule has 1 fully saturated rings. The molecule has 3 N–H and O–H groups in total. The third-order valence-corrected chi connectivity index (χ3v) is 4.02. The Balaban J connectivity index is 2.23. The van der Waals surface area contributed by atoms with Crippen LogP contribution in [0, 0.1) is 0 Å². The summed E-state index contributed by atoms with van der Waals surface area (Å²) in [5.41, 5.74) is 7.05. The molecule has 1 saturated heterocycles. The van der Waals surface area contributed by atoms with Crippen molar-refractivity contribution in [3.8, 4) is 0 Å². The Morgan fingerprint density at radius 1 is 1.77 bits per heavy atom. The first-order chi connectivity index (χ1) is 6.24. The smallest absolute Gasteiger partial charge is 0.120 e. The monoisotopic (exact) mass is 197 g/mol. The third kappa shape index (κ3) is 1.60. The summed E-state index contributed by atoms with van der Waals surface area (Å²) in [7, 11) is 0. The van der Waals surface area contributed by atoms with Crippen LogP contribution in [0.1, 0.15) is 24.9 Å². The van der Waals surface area contributed by atoms with E-state index in [2.05, 4.69) is 16.9 Å². The molecule has 1 aliphatic rings. The maximum atomic E-state index is 5.51. The van der Waals surface area contributed by atoms with Crippen LogP contribution in [0.4, 0.5) is 0 Å². The molecule has 1 aromatic rings. The molecule has 3 nitrogen and oxygen atoms in total. The molecule has 0 saturated carbocycles. The number of nitrogens with one attached hydrogen (secondary N) is 1. The van der Waals surface area contributed by atoms with Crippen molar-refractivity contribution in [1.82, 2.24) is 9.97 Å². The minimum Gasteiger partial charge on any atom is -0.344 e. The van der Waals surface area contributed by atoms with E-state index in [1.54, 1.807) is 0 Å². The van der Waals surface area contributed by atoms with Crippen LogP contribution >= 0.6 is 11.8 Å². The van der Waals surface area contributed by atoms with Gasteiger partial charge in [0.05, 0.1) is 6.54 Å². The van der Waals surface area contributed by atoms with Crippen LogP contribution < -0.4 is 5.73 Å². The van der Waals surface area contributed by atoms with Crippen molar-refractivity contribution >= 4 is 11.8 Å². The van der Waals surface area contributed by atoms with Gasteiger partial charge in [0.1, 0.15) is 5.82 Å². The van der Waals surface area contributed by atoms with Gasteiger partial charge in [-0.05, 0) is 12.2 Å². The zero-order valence-corrected chi connectivity index (χ0v) is 8.66. The molecule has 2 heterocycles. The van der Waals surface area contributed by atoms with Crippen LogP contribution in [0.25, 0.3) is 0 Å². The van der Waals surface area contributed by atoms with Crippen molar-refractivity contribution < 1.29 is 0 Å². The largest absolute Gasteiger partial charge is 0.344 e. The number of hydrogen-bond donors (Lipinski definition) is 2. The van der Waals surface area contributed by atoms with Gasteiger partial charge in [0.25, 0.3) is 0 Å². The van der Waals surface area contributed by atoms with Gasteiger partial charge < -0.3 is 10.7 Å². The fraction of sp³-hybridized carbons (Fsp3) is 0.667. The predicted molar refractivity (Wildman–Crippen MR) is 55.8 cm³/mol. The molecule has 13 heavy (non-hydrogen) atoms. The zero-order chi connectivity index (χ0) is 9.31. The lowest BCUT2D eigenvalue weighted by Crippen LogP contribution is -2.21. The summed E-state index contributed by atoms with van der Waals surface area (Å²) in [5, 5.41) is 0. The van der Waals surface area contributed by atoms with Crippen LogP contribution in [-0.2, 0) is 12.0 Å². The number of nitrogens with two attached hydrogens (primary N) is 1. The van der Waals surface area contributed by atoms with Gasteiger partial charge in [0.2, 0.25) is 0 Å². The molecule has 72 valence electrons. The summed E-state index contributed by atoms with van der Waals surface area (Å²) in [4.78, 5) is 7.53. The molecular weight excluding hydrogens is 182 g/mol. The second-order valence-electron chi connectivity index (χ2n) is 3.81. The van der Waals surface area contributed by atoms with Gasteiger partial charge in [0.15, 0.2) is 0 Å². The summed E-state index contributed by atoms with van der Waals surface area (Å²) in [6.45, 7) is 2.80. The molecular formula is C9H15N3S. The molecule has 1 atom stereocenters. The normalized spacial score (nSPS) is 28.2. The first-order valence-corrected chi connectivity index (χ1v) is 5.72. The number of aromatic nitrogens is 2. The number of H-pyrrole nitrogens is 1. The number of nitrogens with zero attached hydrogens (tertiary/aromatic N) is 1. The molecule has 0 aromatic carbocycles. The van der Waals surface area contributed by atoms with E-state index < -0.39 is 0 Å². The quantitative estimate of drug-likeness (QED) is 0.750. The topological polar surface area (TPSA) is 54.7 Å². The minimum absolute atomic E-state index is 0.297. The molecule has 1 unspecified atom stereocenters. The summed E-state index contributed by atoms with van der Waals surface area (Å²) in [6.07, 6.45) is 3.18. The van der Waals surface area contributed by atoms with Gasteiger partial charge >= 0.3 is 0 Å². The van der Waals surface area contributed by atoms with Gasteiger partial charge in [-0.25, -0.2) is 4.98 Å². The number of thioether (sulfide) groups is 1. The van der Waals surface area contributed by atoms with E-state index in [4.69, 9.17) is 5.73 Å². The molecule has 2 rings (SSSR count). The van der Waals surface area contributed by atoms with Crippen LogP contribution in [0.5, 0.6) is 0 Å². The Morgan fingerprint density at radius 3 is 3.15 bits per heavy atom. The number of aromatic amines is 1. The van der Waals surface area contributed by atoms with Gasteiger partial charge in [-0.15, -0.1) is 0 Å². The van der Waals surface area contributed by atoms with Crippen LogP contribution in [0.3, 0.4) is 0 Å². The Bertz CT molecular complexity index is 289. The van der Waals surface area contributed by atoms with Gasteiger partial charge in [-0.1, -0.05) is 6.92 Å². The van der Waals surface area contributed by atoms with Gasteiger partial charge in [-0.2, -0.15) is 11.8 Å². The standard InChI is InChI=1S/C9H15N3S/c1-9(2-3-13-6-9)7-5-11-8(4-10)12-7/h5H,2-4,6,10H2,1H3,(H,11,12). The number of imidazole rings is 1. The van der Waals surface area contributed by atoms with Crippen LogP contribution in [0.15, 0.2) is 6.20 Å². The summed E-state index contributed by atoms with van der Waals surface area (Å²) >= 11 is 2.01. The van der Waals surface area contributed by atoms with E-state index in [-0.39, 0.29) is 0 Å². The molecule has 4 heteroatoms. The first-order valence-electron chi connectivity index (χ1n) is 4.57. The molecule has 0 radical (unpaired) electrons. The summed E-state index contributed by atoms with van der Waals surface area (Å²) in [6, 6.07) is 0. The van der Waals surface area contributed by atoms with E-state index in [1.807, 2.05) is 18.0 Å². The summed E-state index contributed by atoms with van der Waals surface area (Å²) in [5.74, 6) is 3.35. The second-order valence-corrected chi connectivity index (χ2v) is 4.92. The summed E-state index contributed by atoms with van der Waals surface area (Å²) < 4.78 is 0. The highest BCUT2D eigenvalue weighted by Gasteiger charge is 2.32. The third-order valence-electron chi connectivity index (χ3n) is 2.69. The van der Waals surface area contributed by atoms with Gasteiger partial charge in [0, 0.05) is 23.1 Å². The maximum absolute atomic E-state index is 5.51. The highest BCUT2D eigenvalue weighted by Crippen LogP contribution is 2.37. The van der Waals surface area contributed by atoms with Crippen molar-refractivity contribution in [3.63, 3.8) is 0 Å². The maximum Gasteiger partial charge on any atom is 0.120 e. The van der Waals surface area contributed by atoms with Crippen LogP contribution in [0.2, 0.25) is 0 Å². The lowest BCUT2D eigenvalue weighted by atomic mass is 9.87. The highest BCUT2D eigenvalue weighted by molar-refractivity contribution is 7.99. The predicted octanol–water partition coefficient (Wildman–Crippen LogP) is 1.26. The molecule has 0 aliphatic carbocycles. The average molecular weight is 197 g/mol. The number of hydrogen-bond acceptors (Lipinski definition) is 3. The van der Waals surface area contributed by atoms with Crippen molar-refractivity contribution in [1.29, 1.82) is 0 Å². The second kappa shape index (κ2) is 3.35. The molecule has 0 bridgehead atoms. The lowest BCUT2D eigenvalue weighted by molar-refractivity contribution is 0.525. The molecule has 1 aliphatic heterocycles. The zero-order valence-electron chi connectivity index (χ0n) is 7.84. The minimum atomic E-state index is 0.297. The Hall–Kier alpha value is -0.480. The fourth-order valence-corrected chi connectivity index (χ4v) is 3.14. The Morgan fingerprint density at radius 2 is 2.62 bits per heavy atom. The van der Waals surface area contributed by atoms with Crippen LogP contribution in [-0.4, -0.2) is 21.5 Å². The van der Waals surface area contributed by atoms with Crippen molar-refractivity contribution in [2.45, 2.75) is 25.3 Å². The highest BCUT2D eigenvalue weighted by atomic mass is 32.2. The van der Waals surface area contributed by atoms with E-state index in [0.717, 1.165) is 5.82 Å². The molecule has 1 aromatic heterocycles. The molecule has 0 amide bonds. The Labute approximate surface area is 82.5 Å². The fourth-order valence-electron chi connectivity index (χ4n) is 1.65. The molecule has 0 spiro atoms. The van der Waals surface area contributed by atoms with Crippen molar-refractivity contribution in [2.24, 2.45) is 5.73 Å².